The van der Waals surface area contributed by atoms with Gasteiger partial charge in [-0.05, 0) is 27.7 Å². The Morgan fingerprint density at radius 3 is 1.43 bits per heavy atom. The Hall–Kier alpha value is -0.0800. The SMILES string of the molecule is CCN(C)C.CN. The van der Waals surface area contributed by atoms with E-state index in [4.69, 9.17) is 0 Å². The molecule has 0 rings (SSSR count). The second-order valence-corrected chi connectivity index (χ2v) is 1.40. The first-order valence-electron chi connectivity index (χ1n) is 2.50. The van der Waals surface area contributed by atoms with Crippen LogP contribution in [-0.4, -0.2) is 32.6 Å². The molecule has 0 saturated carbocycles. The Kier molecular flexibility index (Phi) is 13.3. The molecule has 0 fully saturated rings. The minimum atomic E-state index is 1.14. The second-order valence-electron chi connectivity index (χ2n) is 1.40. The third-order valence-corrected chi connectivity index (χ3v) is 0.632. The van der Waals surface area contributed by atoms with Crippen LogP contribution >= 0.6 is 0 Å². The molecule has 0 spiro atoms. The molecule has 0 aliphatic carbocycles. The van der Waals surface area contributed by atoms with Gasteiger partial charge in [-0.2, -0.15) is 0 Å². The first kappa shape index (κ1) is 10.0. The zero-order chi connectivity index (χ0) is 6.28. The molecular formula is C5H16N2. The zero-order valence-electron chi connectivity index (χ0n) is 5.73. The van der Waals surface area contributed by atoms with Crippen LogP contribution in [0.1, 0.15) is 6.92 Å². The van der Waals surface area contributed by atoms with Gasteiger partial charge in [-0.3, -0.25) is 0 Å². The molecule has 0 heterocycles. The van der Waals surface area contributed by atoms with Crippen LogP contribution in [0, 0.1) is 0 Å². The van der Waals surface area contributed by atoms with E-state index in [2.05, 4.69) is 31.7 Å². The van der Waals surface area contributed by atoms with Crippen molar-refractivity contribution in [1.82, 2.24) is 4.90 Å². The van der Waals surface area contributed by atoms with Crippen LogP contribution in [0.15, 0.2) is 0 Å². The van der Waals surface area contributed by atoms with E-state index < -0.39 is 0 Å². The highest BCUT2D eigenvalue weighted by molar-refractivity contribution is 4.25. The Morgan fingerprint density at radius 2 is 1.43 bits per heavy atom. The predicted molar refractivity (Wildman–Crippen MR) is 34.3 cm³/mol. The molecule has 0 aromatic heterocycles. The lowest BCUT2D eigenvalue weighted by atomic mass is 10.7. The molecule has 0 aliphatic rings. The largest absolute Gasteiger partial charge is 0.333 e. The predicted octanol–water partition coefficient (Wildman–Crippen LogP) is 0.143. The lowest BCUT2D eigenvalue weighted by Gasteiger charge is -2.00. The van der Waals surface area contributed by atoms with E-state index in [1.807, 2.05) is 0 Å². The van der Waals surface area contributed by atoms with Crippen molar-refractivity contribution in [3.8, 4) is 0 Å². The van der Waals surface area contributed by atoms with E-state index in [0.717, 1.165) is 6.54 Å². The van der Waals surface area contributed by atoms with Gasteiger partial charge in [0.1, 0.15) is 0 Å². The van der Waals surface area contributed by atoms with Crippen molar-refractivity contribution < 1.29 is 0 Å². The van der Waals surface area contributed by atoms with Crippen molar-refractivity contribution in [2.24, 2.45) is 5.73 Å². The van der Waals surface area contributed by atoms with Crippen LogP contribution in [0.25, 0.3) is 0 Å². The summed E-state index contributed by atoms with van der Waals surface area (Å²) in [4.78, 5) is 2.12. The summed E-state index contributed by atoms with van der Waals surface area (Å²) in [5.74, 6) is 0. The monoisotopic (exact) mass is 104 g/mol. The molecule has 2 heteroatoms. The highest BCUT2D eigenvalue weighted by Gasteiger charge is 1.72. The summed E-state index contributed by atoms with van der Waals surface area (Å²) < 4.78 is 0. The third-order valence-electron chi connectivity index (χ3n) is 0.632. The molecule has 0 aromatic rings. The minimum absolute atomic E-state index is 1.14. The van der Waals surface area contributed by atoms with E-state index in [1.165, 1.54) is 7.05 Å². The van der Waals surface area contributed by atoms with Gasteiger partial charge in [0, 0.05) is 0 Å². The van der Waals surface area contributed by atoms with Gasteiger partial charge in [-0.15, -0.1) is 0 Å². The molecule has 46 valence electrons. The molecular weight excluding hydrogens is 88.1 g/mol. The standard InChI is InChI=1S/C4H11N.CH5N/c1-4-5(2)3;1-2/h4H2,1-3H3;2H2,1H3. The van der Waals surface area contributed by atoms with Gasteiger partial charge in [0.2, 0.25) is 0 Å². The molecule has 0 atom stereocenters. The van der Waals surface area contributed by atoms with E-state index in [9.17, 15) is 0 Å². The number of nitrogens with two attached hydrogens (primary N) is 1. The molecule has 0 bridgehead atoms. The highest BCUT2D eigenvalue weighted by atomic mass is 15.0. The molecule has 2 nitrogen and oxygen atoms in total. The molecule has 0 radical (unpaired) electrons. The average Bonchev–Trinajstić information content (AvgIpc) is 1.73. The topological polar surface area (TPSA) is 29.3 Å². The van der Waals surface area contributed by atoms with Gasteiger partial charge in [-0.1, -0.05) is 6.92 Å². The fourth-order valence-corrected chi connectivity index (χ4v) is 0. The van der Waals surface area contributed by atoms with Gasteiger partial charge in [0.15, 0.2) is 0 Å². The summed E-state index contributed by atoms with van der Waals surface area (Å²) in [6.45, 7) is 3.26. The number of rotatable bonds is 1. The Morgan fingerprint density at radius 1 is 1.29 bits per heavy atom. The number of hydrogen-bond acceptors (Lipinski definition) is 2. The summed E-state index contributed by atoms with van der Waals surface area (Å²) in [6, 6.07) is 0. The molecule has 0 amide bonds. The van der Waals surface area contributed by atoms with Crippen LogP contribution in [0.5, 0.6) is 0 Å². The minimum Gasteiger partial charge on any atom is -0.333 e. The van der Waals surface area contributed by atoms with Gasteiger partial charge in [0.05, 0.1) is 0 Å². The summed E-state index contributed by atoms with van der Waals surface area (Å²) in [6.07, 6.45) is 0. The molecule has 0 unspecified atom stereocenters. The van der Waals surface area contributed by atoms with Gasteiger partial charge in [0.25, 0.3) is 0 Å². The van der Waals surface area contributed by atoms with Crippen LogP contribution in [-0.2, 0) is 0 Å². The van der Waals surface area contributed by atoms with Crippen LogP contribution < -0.4 is 5.73 Å². The second kappa shape index (κ2) is 9.33. The van der Waals surface area contributed by atoms with Gasteiger partial charge < -0.3 is 10.6 Å². The smallest absolute Gasteiger partial charge is 0.00533 e. The van der Waals surface area contributed by atoms with Crippen molar-refractivity contribution >= 4 is 0 Å². The number of hydrogen-bond donors (Lipinski definition) is 1. The average molecular weight is 104 g/mol. The Balaban J connectivity index is 0. The normalized spacial score (nSPS) is 7.71. The van der Waals surface area contributed by atoms with Crippen molar-refractivity contribution in [3.05, 3.63) is 0 Å². The molecule has 7 heavy (non-hydrogen) atoms. The lowest BCUT2D eigenvalue weighted by molar-refractivity contribution is 0.434. The zero-order valence-corrected chi connectivity index (χ0v) is 5.73. The van der Waals surface area contributed by atoms with Gasteiger partial charge in [-0.25, -0.2) is 0 Å². The van der Waals surface area contributed by atoms with E-state index in [1.54, 1.807) is 0 Å². The fourth-order valence-electron chi connectivity index (χ4n) is 0. The van der Waals surface area contributed by atoms with E-state index in [-0.39, 0.29) is 0 Å². The maximum Gasteiger partial charge on any atom is -0.00533 e. The van der Waals surface area contributed by atoms with Crippen LogP contribution in [0.3, 0.4) is 0 Å². The summed E-state index contributed by atoms with van der Waals surface area (Å²) in [5.41, 5.74) is 4.50. The fraction of sp³-hybridized carbons (Fsp3) is 1.00. The quantitative estimate of drug-likeness (QED) is 0.513. The molecule has 0 aromatic carbocycles. The van der Waals surface area contributed by atoms with Crippen molar-refractivity contribution in [2.45, 2.75) is 6.92 Å². The number of nitrogens with zero attached hydrogens (tertiary/aromatic N) is 1. The van der Waals surface area contributed by atoms with Crippen molar-refractivity contribution in [2.75, 3.05) is 27.7 Å². The summed E-state index contributed by atoms with van der Waals surface area (Å²) in [7, 11) is 5.61. The van der Waals surface area contributed by atoms with Gasteiger partial charge >= 0.3 is 0 Å². The lowest BCUT2D eigenvalue weighted by Crippen LogP contribution is -2.08. The summed E-state index contributed by atoms with van der Waals surface area (Å²) >= 11 is 0. The first-order chi connectivity index (χ1) is 3.27. The van der Waals surface area contributed by atoms with E-state index >= 15 is 0 Å². The van der Waals surface area contributed by atoms with Crippen molar-refractivity contribution in [3.63, 3.8) is 0 Å². The first-order valence-corrected chi connectivity index (χ1v) is 2.50. The molecule has 2 N–H and O–H groups in total. The third kappa shape index (κ3) is 24.7. The van der Waals surface area contributed by atoms with Crippen molar-refractivity contribution in [1.29, 1.82) is 0 Å². The van der Waals surface area contributed by atoms with Crippen LogP contribution in [0.4, 0.5) is 0 Å². The maximum atomic E-state index is 4.50. The Labute approximate surface area is 46.3 Å². The van der Waals surface area contributed by atoms with E-state index in [0.29, 0.717) is 0 Å². The Bertz CT molecular complexity index is 20.0. The maximum absolute atomic E-state index is 4.50. The molecule has 0 saturated heterocycles. The van der Waals surface area contributed by atoms with Crippen LogP contribution in [0.2, 0.25) is 0 Å². The summed E-state index contributed by atoms with van der Waals surface area (Å²) in [5, 5.41) is 0. The highest BCUT2D eigenvalue weighted by Crippen LogP contribution is 1.63. The molecule has 0 aliphatic heterocycles.